The number of para-hydroxylation sites is 2. The Kier molecular flexibility index (Phi) is 10.2. The molecule has 4 aliphatic carbocycles. The summed E-state index contributed by atoms with van der Waals surface area (Å²) in [5, 5.41) is 0. The zero-order valence-corrected chi connectivity index (χ0v) is 36.9. The Bertz CT molecular complexity index is 2810. The minimum atomic E-state index is -0.412. The molecule has 0 amide bonds. The Morgan fingerprint density at radius 2 is 1.13 bits per heavy atom. The fourth-order valence-electron chi connectivity index (χ4n) is 10.2. The highest BCUT2D eigenvalue weighted by Gasteiger charge is 2.49. The van der Waals surface area contributed by atoms with E-state index in [0.717, 1.165) is 29.2 Å². The van der Waals surface area contributed by atoms with Crippen LogP contribution >= 0.6 is 0 Å². The second kappa shape index (κ2) is 16.0. The van der Waals surface area contributed by atoms with Gasteiger partial charge in [-0.3, -0.25) is 0 Å². The van der Waals surface area contributed by atoms with Crippen LogP contribution in [-0.2, 0) is 0 Å². The van der Waals surface area contributed by atoms with E-state index in [1.807, 2.05) is 0 Å². The van der Waals surface area contributed by atoms with Crippen molar-refractivity contribution >= 4 is 51.7 Å². The molecule has 3 unspecified atom stereocenters. The molecule has 4 aliphatic rings. The molecule has 0 bridgehead atoms. The third-order valence-electron chi connectivity index (χ3n) is 13.7. The molecule has 10 rings (SSSR count). The molecule has 2 heteroatoms. The molecule has 0 aromatic heterocycles. The number of hydrogen-bond acceptors (Lipinski definition) is 2. The predicted octanol–water partition coefficient (Wildman–Crippen LogP) is 16.7. The standard InChI is InChI=1S/C60H56N2/c1-40(2)43-26-30-49(31-27-43)61(47-18-12-8-13-19-47)56-38-54(46-24-22-42(5)23-25-46)51-36-37-60(6)57(62(48-20-14-9-15-21-48)50-32-28-44(29-33-50)41(3)4)39-55(45-16-10-7-11-17-45)52-34-35-53(56)58(51)59(52)60/h7-22,24-42,59H,23H2,1-6H3. The molecule has 0 N–H and O–H groups in total. The lowest BCUT2D eigenvalue weighted by Gasteiger charge is -2.50. The minimum absolute atomic E-state index is 0.0330. The molecule has 6 aromatic rings. The topological polar surface area (TPSA) is 6.48 Å². The van der Waals surface area contributed by atoms with Gasteiger partial charge in [0.2, 0.25) is 0 Å². The van der Waals surface area contributed by atoms with E-state index in [0.29, 0.717) is 17.8 Å². The lowest BCUT2D eigenvalue weighted by atomic mass is 9.57. The molecule has 0 heterocycles. The second-order valence-electron chi connectivity index (χ2n) is 18.4. The molecule has 2 nitrogen and oxygen atoms in total. The first-order valence-electron chi connectivity index (χ1n) is 22.6. The molecular formula is C60H56N2. The number of anilines is 5. The van der Waals surface area contributed by atoms with Crippen LogP contribution in [0.4, 0.5) is 28.4 Å². The molecule has 0 aliphatic heterocycles. The summed E-state index contributed by atoms with van der Waals surface area (Å²) in [4.78, 5) is 5.03. The maximum absolute atomic E-state index is 2.54. The first kappa shape index (κ1) is 39.5. The van der Waals surface area contributed by atoms with E-state index in [1.165, 1.54) is 67.0 Å². The van der Waals surface area contributed by atoms with E-state index in [-0.39, 0.29) is 5.92 Å². The average molecular weight is 805 g/mol. The molecule has 62 heavy (non-hydrogen) atoms. The predicted molar refractivity (Wildman–Crippen MR) is 266 cm³/mol. The molecule has 3 atom stereocenters. The van der Waals surface area contributed by atoms with Crippen molar-refractivity contribution in [3.8, 4) is 0 Å². The van der Waals surface area contributed by atoms with Gasteiger partial charge in [-0.2, -0.15) is 0 Å². The highest BCUT2D eigenvalue weighted by molar-refractivity contribution is 5.98. The zero-order valence-electron chi connectivity index (χ0n) is 36.9. The maximum atomic E-state index is 2.54. The van der Waals surface area contributed by atoms with Crippen LogP contribution in [0.1, 0.15) is 105 Å². The molecule has 0 saturated heterocycles. The summed E-state index contributed by atoms with van der Waals surface area (Å²) in [7, 11) is 0. The summed E-state index contributed by atoms with van der Waals surface area (Å²) in [6.07, 6.45) is 20.6. The van der Waals surface area contributed by atoms with Gasteiger partial charge in [0.25, 0.3) is 0 Å². The Morgan fingerprint density at radius 3 is 1.69 bits per heavy atom. The van der Waals surface area contributed by atoms with Crippen LogP contribution in [0.3, 0.4) is 0 Å². The van der Waals surface area contributed by atoms with Gasteiger partial charge < -0.3 is 9.80 Å². The van der Waals surface area contributed by atoms with E-state index >= 15 is 0 Å². The van der Waals surface area contributed by atoms with Gasteiger partial charge in [0.05, 0.1) is 5.69 Å². The highest BCUT2D eigenvalue weighted by atomic mass is 15.2. The van der Waals surface area contributed by atoms with Gasteiger partial charge in [0, 0.05) is 45.3 Å². The zero-order chi connectivity index (χ0) is 42.5. The molecule has 0 radical (unpaired) electrons. The summed E-state index contributed by atoms with van der Waals surface area (Å²) in [5.41, 5.74) is 19.8. The van der Waals surface area contributed by atoms with E-state index in [2.05, 4.69) is 246 Å². The smallest absolute Gasteiger partial charge is 0.0543 e. The van der Waals surface area contributed by atoms with Crippen LogP contribution in [0, 0.1) is 11.3 Å². The Balaban J connectivity index is 1.27. The van der Waals surface area contributed by atoms with Gasteiger partial charge in [0.15, 0.2) is 0 Å². The molecule has 306 valence electrons. The highest BCUT2D eigenvalue weighted by Crippen LogP contribution is 2.63. The average Bonchev–Trinajstić information content (AvgIpc) is 3.31. The monoisotopic (exact) mass is 804 g/mol. The third kappa shape index (κ3) is 6.83. The molecular weight excluding hydrogens is 749 g/mol. The molecule has 0 saturated carbocycles. The van der Waals surface area contributed by atoms with Crippen molar-refractivity contribution in [3.05, 3.63) is 232 Å². The Morgan fingerprint density at radius 1 is 0.581 bits per heavy atom. The van der Waals surface area contributed by atoms with Crippen LogP contribution < -0.4 is 9.80 Å². The van der Waals surface area contributed by atoms with Crippen molar-refractivity contribution in [2.24, 2.45) is 11.3 Å². The van der Waals surface area contributed by atoms with Crippen LogP contribution in [0.2, 0.25) is 0 Å². The first-order chi connectivity index (χ1) is 30.2. The van der Waals surface area contributed by atoms with Crippen molar-refractivity contribution < 1.29 is 0 Å². The van der Waals surface area contributed by atoms with Crippen LogP contribution in [0.25, 0.3) is 23.3 Å². The van der Waals surface area contributed by atoms with Gasteiger partial charge in [-0.1, -0.05) is 168 Å². The summed E-state index contributed by atoms with van der Waals surface area (Å²) in [6.45, 7) is 13.9. The SMILES string of the molecule is CC1C=CC(c2cc(N(c3ccccc3)c3ccc(C(C)C)cc3)c3c4c2C=CC2(C)C(N(c5ccccc5)c5ccc(C(C)C)cc5)=CC(c5ccccc5)=C(C=C3)C42)=CC1. The van der Waals surface area contributed by atoms with Crippen molar-refractivity contribution in [2.75, 3.05) is 9.80 Å². The number of rotatable bonds is 10. The van der Waals surface area contributed by atoms with E-state index in [9.17, 15) is 0 Å². The Hall–Kier alpha value is -6.64. The minimum Gasteiger partial charge on any atom is -0.313 e. The molecule has 0 fully saturated rings. The summed E-state index contributed by atoms with van der Waals surface area (Å²) in [5.74, 6) is 1.45. The van der Waals surface area contributed by atoms with Crippen molar-refractivity contribution in [1.29, 1.82) is 0 Å². The normalized spacial score (nSPS) is 19.7. The Labute approximate surface area is 369 Å². The number of benzene rings is 6. The van der Waals surface area contributed by atoms with Gasteiger partial charge in [-0.05, 0) is 142 Å². The lowest BCUT2D eigenvalue weighted by molar-refractivity contribution is 0.430. The van der Waals surface area contributed by atoms with E-state index in [1.54, 1.807) is 0 Å². The number of allylic oxidation sites excluding steroid dienone is 9. The maximum Gasteiger partial charge on any atom is 0.0543 e. The number of hydrogen-bond donors (Lipinski definition) is 0. The van der Waals surface area contributed by atoms with Crippen molar-refractivity contribution in [1.82, 2.24) is 0 Å². The van der Waals surface area contributed by atoms with Gasteiger partial charge in [-0.15, -0.1) is 0 Å². The van der Waals surface area contributed by atoms with Gasteiger partial charge in [0.1, 0.15) is 0 Å². The lowest BCUT2D eigenvalue weighted by Crippen LogP contribution is -2.40. The van der Waals surface area contributed by atoms with Gasteiger partial charge in [-0.25, -0.2) is 0 Å². The fraction of sp³-hybridized carbons (Fsp3) is 0.200. The van der Waals surface area contributed by atoms with E-state index < -0.39 is 5.41 Å². The van der Waals surface area contributed by atoms with Gasteiger partial charge >= 0.3 is 0 Å². The number of nitrogens with zero attached hydrogens (tertiary/aromatic N) is 2. The molecule has 0 spiro atoms. The summed E-state index contributed by atoms with van der Waals surface area (Å²) < 4.78 is 0. The largest absolute Gasteiger partial charge is 0.313 e. The summed E-state index contributed by atoms with van der Waals surface area (Å²) in [6, 6.07) is 54.0. The fourth-order valence-corrected chi connectivity index (χ4v) is 10.2. The second-order valence-corrected chi connectivity index (χ2v) is 18.4. The van der Waals surface area contributed by atoms with Crippen LogP contribution in [-0.4, -0.2) is 0 Å². The first-order valence-corrected chi connectivity index (χ1v) is 22.6. The van der Waals surface area contributed by atoms with Crippen LogP contribution in [0.5, 0.6) is 0 Å². The third-order valence-corrected chi connectivity index (χ3v) is 13.7. The quantitative estimate of drug-likeness (QED) is 0.136. The van der Waals surface area contributed by atoms with Crippen molar-refractivity contribution in [2.45, 2.75) is 65.7 Å². The van der Waals surface area contributed by atoms with Crippen molar-refractivity contribution in [3.63, 3.8) is 0 Å². The summed E-state index contributed by atoms with van der Waals surface area (Å²) >= 11 is 0. The molecule has 6 aromatic carbocycles. The van der Waals surface area contributed by atoms with E-state index in [4.69, 9.17) is 0 Å². The van der Waals surface area contributed by atoms with Crippen LogP contribution in [0.15, 0.2) is 193 Å².